The van der Waals surface area contributed by atoms with Crippen LogP contribution in [0.25, 0.3) is 51.5 Å². The maximum absolute atomic E-state index is 2.43. The topological polar surface area (TPSA) is 0 Å². The van der Waals surface area contributed by atoms with Gasteiger partial charge in [-0.1, -0.05) is 96.1 Å². The van der Waals surface area contributed by atoms with Gasteiger partial charge in [0.1, 0.15) is 0 Å². The quantitative estimate of drug-likeness (QED) is 0.220. The van der Waals surface area contributed by atoms with Gasteiger partial charge in [0.2, 0.25) is 0 Å². The first-order valence-electron chi connectivity index (χ1n) is 12.0. The fourth-order valence-corrected chi connectivity index (χ4v) is 7.97. The van der Waals surface area contributed by atoms with Gasteiger partial charge in [-0.25, -0.2) is 0 Å². The van der Waals surface area contributed by atoms with E-state index in [0.29, 0.717) is 0 Å². The van der Waals surface area contributed by atoms with Gasteiger partial charge in [0.05, 0.1) is 0 Å². The van der Waals surface area contributed by atoms with Gasteiger partial charge >= 0.3 is 0 Å². The average molecular weight is 479 g/mol. The zero-order chi connectivity index (χ0) is 23.8. The molecule has 2 aromatic heterocycles. The smallest absolute Gasteiger partial charge is 0.0392 e. The third-order valence-electron chi connectivity index (χ3n) is 6.91. The molecule has 0 bridgehead atoms. The first-order valence-corrected chi connectivity index (χ1v) is 13.7. The highest BCUT2D eigenvalue weighted by atomic mass is 32.1. The second kappa shape index (κ2) is 7.41. The molecule has 6 aromatic rings. The van der Waals surface area contributed by atoms with Gasteiger partial charge in [-0.3, -0.25) is 0 Å². The van der Waals surface area contributed by atoms with Crippen molar-refractivity contribution in [1.29, 1.82) is 0 Å². The summed E-state index contributed by atoms with van der Waals surface area (Å²) in [5.74, 6) is 0. The van der Waals surface area contributed by atoms with Gasteiger partial charge in [-0.05, 0) is 51.3 Å². The zero-order valence-electron chi connectivity index (χ0n) is 20.7. The Morgan fingerprint density at radius 2 is 1.32 bits per heavy atom. The summed E-state index contributed by atoms with van der Waals surface area (Å²) >= 11 is 3.85. The van der Waals surface area contributed by atoms with Crippen LogP contribution in [0.1, 0.15) is 52.7 Å². The molecule has 0 aliphatic heterocycles. The Kier molecular flexibility index (Phi) is 4.76. The molecule has 0 amide bonds. The molecule has 0 saturated carbocycles. The molecule has 0 aliphatic rings. The Balaban J connectivity index is 1.65. The molecule has 0 radical (unpaired) electrons. The molecule has 34 heavy (non-hydrogen) atoms. The standard InChI is InChI=1S/C32H30S2/c1-31(2,3)24-12-9-11-22-21-15-14-19(18-27(21)34-30(22)24)20-16-17-26-28(29(20)32(4,5)6)23-10-7-8-13-25(23)33-26/h7-18H,1-6H3. The molecule has 170 valence electrons. The van der Waals surface area contributed by atoms with Crippen LogP contribution in [0.5, 0.6) is 0 Å². The first kappa shape index (κ1) is 21.8. The molecule has 2 heteroatoms. The summed E-state index contributed by atoms with van der Waals surface area (Å²) in [5, 5.41) is 5.56. The van der Waals surface area contributed by atoms with Gasteiger partial charge < -0.3 is 0 Å². The molecule has 0 fully saturated rings. The maximum Gasteiger partial charge on any atom is 0.0392 e. The highest BCUT2D eigenvalue weighted by Gasteiger charge is 2.25. The fraction of sp³-hybridized carbons (Fsp3) is 0.250. The van der Waals surface area contributed by atoms with E-state index in [9.17, 15) is 0 Å². The number of benzene rings is 4. The lowest BCUT2D eigenvalue weighted by molar-refractivity contribution is 0.596. The van der Waals surface area contributed by atoms with Crippen LogP contribution in [0.2, 0.25) is 0 Å². The molecule has 0 aliphatic carbocycles. The molecule has 0 atom stereocenters. The van der Waals surface area contributed by atoms with Gasteiger partial charge in [0.25, 0.3) is 0 Å². The molecule has 0 saturated heterocycles. The van der Waals surface area contributed by atoms with E-state index < -0.39 is 0 Å². The molecule has 4 aromatic carbocycles. The van der Waals surface area contributed by atoms with Gasteiger partial charge in [0.15, 0.2) is 0 Å². The van der Waals surface area contributed by atoms with Crippen molar-refractivity contribution in [2.24, 2.45) is 0 Å². The number of hydrogen-bond donors (Lipinski definition) is 0. The summed E-state index contributed by atoms with van der Waals surface area (Å²) < 4.78 is 5.55. The van der Waals surface area contributed by atoms with Crippen molar-refractivity contribution in [3.8, 4) is 11.1 Å². The van der Waals surface area contributed by atoms with Crippen molar-refractivity contribution in [2.75, 3.05) is 0 Å². The third-order valence-corrected chi connectivity index (χ3v) is 9.25. The Morgan fingerprint density at radius 3 is 2.09 bits per heavy atom. The Morgan fingerprint density at radius 1 is 0.559 bits per heavy atom. The molecule has 0 N–H and O–H groups in total. The molecule has 6 rings (SSSR count). The van der Waals surface area contributed by atoms with Crippen molar-refractivity contribution in [2.45, 2.75) is 52.4 Å². The SMILES string of the molecule is CC(C)(C)c1cccc2c1sc1cc(-c3ccc4sc5ccccc5c4c3C(C)(C)C)ccc12. The second-order valence-corrected chi connectivity index (χ2v) is 13.6. The van der Waals surface area contributed by atoms with Crippen LogP contribution in [-0.4, -0.2) is 0 Å². The van der Waals surface area contributed by atoms with Crippen LogP contribution in [0.4, 0.5) is 0 Å². The Labute approximate surface area is 209 Å². The largest absolute Gasteiger partial charge is 0.135 e. The number of thiophene rings is 2. The summed E-state index contributed by atoms with van der Waals surface area (Å²) in [6.45, 7) is 14.0. The number of rotatable bonds is 1. The second-order valence-electron chi connectivity index (χ2n) is 11.5. The minimum Gasteiger partial charge on any atom is -0.135 e. The average Bonchev–Trinajstić information content (AvgIpc) is 3.34. The Bertz CT molecular complexity index is 1710. The van der Waals surface area contributed by atoms with Gasteiger partial charge in [0, 0.05) is 40.3 Å². The normalized spacial score (nSPS) is 13.0. The summed E-state index contributed by atoms with van der Waals surface area (Å²) in [4.78, 5) is 0. The van der Waals surface area contributed by atoms with E-state index in [0.717, 1.165) is 0 Å². The van der Waals surface area contributed by atoms with Gasteiger partial charge in [-0.2, -0.15) is 0 Å². The summed E-state index contributed by atoms with van der Waals surface area (Å²) in [7, 11) is 0. The fourth-order valence-electron chi connectivity index (χ4n) is 5.39. The lowest BCUT2D eigenvalue weighted by Gasteiger charge is -2.25. The lowest BCUT2D eigenvalue weighted by atomic mass is 9.79. The molecule has 2 heterocycles. The Hall–Kier alpha value is -2.68. The molecule has 0 spiro atoms. The van der Waals surface area contributed by atoms with Crippen molar-refractivity contribution in [3.63, 3.8) is 0 Å². The van der Waals surface area contributed by atoms with Crippen molar-refractivity contribution in [3.05, 3.63) is 83.9 Å². The predicted octanol–water partition coefficient (Wildman–Crippen LogP) is 10.7. The monoisotopic (exact) mass is 478 g/mol. The lowest BCUT2D eigenvalue weighted by Crippen LogP contribution is -2.13. The van der Waals surface area contributed by atoms with E-state index in [1.165, 1.54) is 62.6 Å². The first-order chi connectivity index (χ1) is 16.1. The van der Waals surface area contributed by atoms with Crippen LogP contribution in [0.15, 0.2) is 72.8 Å². The highest BCUT2D eigenvalue weighted by molar-refractivity contribution is 7.26. The van der Waals surface area contributed by atoms with Crippen LogP contribution in [0, 0.1) is 0 Å². The van der Waals surface area contributed by atoms with Crippen molar-refractivity contribution >= 4 is 63.0 Å². The predicted molar refractivity (Wildman–Crippen MR) is 155 cm³/mol. The van der Waals surface area contributed by atoms with Crippen LogP contribution >= 0.6 is 22.7 Å². The summed E-state index contributed by atoms with van der Waals surface area (Å²) in [6.07, 6.45) is 0. The molecular weight excluding hydrogens is 448 g/mol. The minimum atomic E-state index is 0.0349. The number of fused-ring (bicyclic) bond motifs is 6. The number of hydrogen-bond acceptors (Lipinski definition) is 2. The van der Waals surface area contributed by atoms with E-state index >= 15 is 0 Å². The van der Waals surface area contributed by atoms with Gasteiger partial charge in [-0.15, -0.1) is 22.7 Å². The summed E-state index contributed by atoms with van der Waals surface area (Å²) in [6, 6.07) is 27.5. The summed E-state index contributed by atoms with van der Waals surface area (Å²) in [5.41, 5.74) is 5.74. The third kappa shape index (κ3) is 3.31. The zero-order valence-corrected chi connectivity index (χ0v) is 22.4. The molecule has 0 nitrogen and oxygen atoms in total. The van der Waals surface area contributed by atoms with E-state index in [1.54, 1.807) is 0 Å². The van der Waals surface area contributed by atoms with E-state index in [1.807, 2.05) is 22.7 Å². The highest BCUT2D eigenvalue weighted by Crippen LogP contribution is 2.46. The minimum absolute atomic E-state index is 0.0349. The molecular formula is C32H30S2. The van der Waals surface area contributed by atoms with Crippen LogP contribution in [0.3, 0.4) is 0 Å². The van der Waals surface area contributed by atoms with E-state index in [4.69, 9.17) is 0 Å². The van der Waals surface area contributed by atoms with Crippen LogP contribution < -0.4 is 0 Å². The molecule has 0 unspecified atom stereocenters. The van der Waals surface area contributed by atoms with E-state index in [-0.39, 0.29) is 10.8 Å². The van der Waals surface area contributed by atoms with Crippen molar-refractivity contribution in [1.82, 2.24) is 0 Å². The van der Waals surface area contributed by atoms with Crippen LogP contribution in [-0.2, 0) is 10.8 Å². The van der Waals surface area contributed by atoms with Crippen molar-refractivity contribution < 1.29 is 0 Å². The van der Waals surface area contributed by atoms with E-state index in [2.05, 4.69) is 114 Å². The maximum atomic E-state index is 2.43.